The van der Waals surface area contributed by atoms with Crippen LogP contribution in [0.2, 0.25) is 0 Å². The zero-order chi connectivity index (χ0) is 9.42. The first-order chi connectivity index (χ1) is 6.16. The number of ether oxygens (including phenoxy) is 1. The third-order valence-electron chi connectivity index (χ3n) is 2.62. The number of aromatic nitrogens is 2. The predicted octanol–water partition coefficient (Wildman–Crippen LogP) is 1.27. The van der Waals surface area contributed by atoms with Gasteiger partial charge in [0.15, 0.2) is 0 Å². The summed E-state index contributed by atoms with van der Waals surface area (Å²) in [6, 6.07) is 1.89. The first-order valence-electron chi connectivity index (χ1n) is 4.63. The van der Waals surface area contributed by atoms with Crippen molar-refractivity contribution in [3.63, 3.8) is 0 Å². The molecule has 0 aromatic carbocycles. The molecule has 1 fully saturated rings. The zero-order valence-electron chi connectivity index (χ0n) is 7.95. The van der Waals surface area contributed by atoms with Gasteiger partial charge in [0.2, 0.25) is 0 Å². The largest absolute Gasteiger partial charge is 0.382 e. The van der Waals surface area contributed by atoms with Gasteiger partial charge in [0.25, 0.3) is 0 Å². The summed E-state index contributed by atoms with van der Waals surface area (Å²) < 4.78 is 5.65. The minimum Gasteiger partial charge on any atom is -0.382 e. The Labute approximate surface area is 77.5 Å². The standard InChI is InChI=1S/C9H15N3O/c1-5-3-7(6(2)13-5)8-4-9(10)12-11-8/h4-7H,3H2,1-2H3,(H3,10,11,12). The van der Waals surface area contributed by atoms with E-state index in [9.17, 15) is 0 Å². The van der Waals surface area contributed by atoms with Crippen LogP contribution in [0.5, 0.6) is 0 Å². The van der Waals surface area contributed by atoms with E-state index < -0.39 is 0 Å². The van der Waals surface area contributed by atoms with Gasteiger partial charge in [0.1, 0.15) is 5.82 Å². The Morgan fingerprint density at radius 2 is 2.38 bits per heavy atom. The van der Waals surface area contributed by atoms with E-state index in [4.69, 9.17) is 10.5 Å². The quantitative estimate of drug-likeness (QED) is 0.685. The van der Waals surface area contributed by atoms with Crippen molar-refractivity contribution in [3.8, 4) is 0 Å². The fourth-order valence-electron chi connectivity index (χ4n) is 1.99. The lowest BCUT2D eigenvalue weighted by Gasteiger charge is -2.10. The average Bonchev–Trinajstić information content (AvgIpc) is 2.58. The summed E-state index contributed by atoms with van der Waals surface area (Å²) in [5.74, 6) is 0.974. The third kappa shape index (κ3) is 1.54. The smallest absolute Gasteiger partial charge is 0.145 e. The lowest BCUT2D eigenvalue weighted by atomic mass is 9.97. The Bertz CT molecular complexity index is 297. The van der Waals surface area contributed by atoms with Crippen LogP contribution in [-0.4, -0.2) is 22.4 Å². The molecule has 1 aromatic rings. The van der Waals surface area contributed by atoms with Crippen LogP contribution in [0, 0.1) is 0 Å². The normalized spacial score (nSPS) is 33.8. The van der Waals surface area contributed by atoms with Crippen molar-refractivity contribution in [1.29, 1.82) is 0 Å². The lowest BCUT2D eigenvalue weighted by Crippen LogP contribution is -2.09. The molecule has 0 spiro atoms. The summed E-state index contributed by atoms with van der Waals surface area (Å²) in [6.45, 7) is 4.18. The SMILES string of the molecule is CC1CC(c2cc(N)n[nH]2)C(C)O1. The predicted molar refractivity (Wildman–Crippen MR) is 50.4 cm³/mol. The van der Waals surface area contributed by atoms with E-state index in [0.717, 1.165) is 12.1 Å². The summed E-state index contributed by atoms with van der Waals surface area (Å²) in [5.41, 5.74) is 6.64. The van der Waals surface area contributed by atoms with E-state index >= 15 is 0 Å². The monoisotopic (exact) mass is 181 g/mol. The Hall–Kier alpha value is -1.03. The van der Waals surface area contributed by atoms with E-state index in [1.54, 1.807) is 0 Å². The molecule has 0 saturated carbocycles. The van der Waals surface area contributed by atoms with Crippen molar-refractivity contribution >= 4 is 5.82 Å². The molecular formula is C9H15N3O. The molecule has 3 unspecified atom stereocenters. The van der Waals surface area contributed by atoms with Crippen molar-refractivity contribution in [3.05, 3.63) is 11.8 Å². The second kappa shape index (κ2) is 3.03. The maximum Gasteiger partial charge on any atom is 0.145 e. The molecule has 1 saturated heterocycles. The summed E-state index contributed by atoms with van der Waals surface area (Å²) in [5, 5.41) is 6.86. The molecule has 13 heavy (non-hydrogen) atoms. The van der Waals surface area contributed by atoms with E-state index in [2.05, 4.69) is 24.0 Å². The number of rotatable bonds is 1. The molecule has 0 amide bonds. The van der Waals surface area contributed by atoms with E-state index in [-0.39, 0.29) is 6.10 Å². The minimum absolute atomic E-state index is 0.259. The van der Waals surface area contributed by atoms with Gasteiger partial charge < -0.3 is 10.5 Å². The lowest BCUT2D eigenvalue weighted by molar-refractivity contribution is 0.0629. The minimum atomic E-state index is 0.259. The Morgan fingerprint density at radius 1 is 1.62 bits per heavy atom. The number of nitrogens with two attached hydrogens (primary N) is 1. The van der Waals surface area contributed by atoms with Gasteiger partial charge in [0, 0.05) is 17.7 Å². The molecule has 4 heteroatoms. The fraction of sp³-hybridized carbons (Fsp3) is 0.667. The van der Waals surface area contributed by atoms with Crippen LogP contribution in [0.15, 0.2) is 6.07 Å². The molecule has 1 aliphatic heterocycles. The summed E-state index contributed by atoms with van der Waals surface area (Å²) >= 11 is 0. The van der Waals surface area contributed by atoms with E-state index in [0.29, 0.717) is 17.8 Å². The Morgan fingerprint density at radius 3 is 2.85 bits per heavy atom. The van der Waals surface area contributed by atoms with Crippen LogP contribution in [0.4, 0.5) is 5.82 Å². The molecule has 0 radical (unpaired) electrons. The molecular weight excluding hydrogens is 166 g/mol. The Balaban J connectivity index is 2.17. The number of nitrogens with one attached hydrogen (secondary N) is 1. The highest BCUT2D eigenvalue weighted by Gasteiger charge is 2.31. The molecule has 0 bridgehead atoms. The van der Waals surface area contributed by atoms with Crippen molar-refractivity contribution in [2.45, 2.75) is 38.4 Å². The highest BCUT2D eigenvalue weighted by molar-refractivity contribution is 5.31. The maximum absolute atomic E-state index is 5.65. The van der Waals surface area contributed by atoms with Crippen molar-refractivity contribution < 1.29 is 4.74 Å². The first kappa shape index (κ1) is 8.56. The molecule has 3 atom stereocenters. The topological polar surface area (TPSA) is 63.9 Å². The average molecular weight is 181 g/mol. The second-order valence-electron chi connectivity index (χ2n) is 3.74. The zero-order valence-corrected chi connectivity index (χ0v) is 7.95. The van der Waals surface area contributed by atoms with Gasteiger partial charge >= 0.3 is 0 Å². The van der Waals surface area contributed by atoms with E-state index in [1.807, 2.05) is 6.07 Å². The number of nitrogens with zero attached hydrogens (tertiary/aromatic N) is 1. The van der Waals surface area contributed by atoms with Gasteiger partial charge in [-0.15, -0.1) is 0 Å². The van der Waals surface area contributed by atoms with Gasteiger partial charge in [-0.05, 0) is 20.3 Å². The molecule has 72 valence electrons. The van der Waals surface area contributed by atoms with Crippen molar-refractivity contribution in [2.24, 2.45) is 0 Å². The van der Waals surface area contributed by atoms with Crippen LogP contribution in [0.1, 0.15) is 31.9 Å². The number of anilines is 1. The van der Waals surface area contributed by atoms with Gasteiger partial charge in [-0.1, -0.05) is 0 Å². The highest BCUT2D eigenvalue weighted by atomic mass is 16.5. The van der Waals surface area contributed by atoms with Crippen LogP contribution >= 0.6 is 0 Å². The first-order valence-corrected chi connectivity index (χ1v) is 4.63. The molecule has 0 aliphatic carbocycles. The van der Waals surface area contributed by atoms with Crippen LogP contribution < -0.4 is 5.73 Å². The van der Waals surface area contributed by atoms with Crippen molar-refractivity contribution in [2.75, 3.05) is 5.73 Å². The van der Waals surface area contributed by atoms with Crippen molar-refractivity contribution in [1.82, 2.24) is 10.2 Å². The summed E-state index contributed by atoms with van der Waals surface area (Å²) in [4.78, 5) is 0. The molecule has 2 heterocycles. The molecule has 2 rings (SSSR count). The van der Waals surface area contributed by atoms with E-state index in [1.165, 1.54) is 0 Å². The number of nitrogen functional groups attached to an aromatic ring is 1. The summed E-state index contributed by atoms with van der Waals surface area (Å²) in [7, 11) is 0. The second-order valence-corrected chi connectivity index (χ2v) is 3.74. The van der Waals surface area contributed by atoms with Gasteiger partial charge in [-0.3, -0.25) is 5.10 Å². The van der Waals surface area contributed by atoms with Gasteiger partial charge in [0.05, 0.1) is 12.2 Å². The third-order valence-corrected chi connectivity index (χ3v) is 2.62. The van der Waals surface area contributed by atoms with Crippen LogP contribution in [0.25, 0.3) is 0 Å². The van der Waals surface area contributed by atoms with Crippen LogP contribution in [-0.2, 0) is 4.74 Å². The maximum atomic E-state index is 5.65. The summed E-state index contributed by atoms with van der Waals surface area (Å²) in [6.07, 6.45) is 1.64. The molecule has 1 aliphatic rings. The van der Waals surface area contributed by atoms with Gasteiger partial charge in [-0.2, -0.15) is 5.10 Å². The molecule has 1 aromatic heterocycles. The fourth-order valence-corrected chi connectivity index (χ4v) is 1.99. The van der Waals surface area contributed by atoms with Crippen LogP contribution in [0.3, 0.4) is 0 Å². The Kier molecular flexibility index (Phi) is 2.00. The molecule has 3 N–H and O–H groups in total. The highest BCUT2D eigenvalue weighted by Crippen LogP contribution is 2.34. The number of H-pyrrole nitrogens is 1. The number of hydrogen-bond donors (Lipinski definition) is 2. The number of aromatic amines is 1. The number of hydrogen-bond acceptors (Lipinski definition) is 3. The molecule has 4 nitrogen and oxygen atoms in total. The van der Waals surface area contributed by atoms with Gasteiger partial charge in [-0.25, -0.2) is 0 Å².